The Kier molecular flexibility index (Phi) is 11.2. The molecule has 0 unspecified atom stereocenters. The number of nitrogens with zero attached hydrogens (tertiary/aromatic N) is 5. The number of para-hydroxylation sites is 1. The van der Waals surface area contributed by atoms with Crippen LogP contribution in [0.4, 0.5) is 0 Å². The van der Waals surface area contributed by atoms with Gasteiger partial charge in [0.15, 0.2) is 0 Å². The van der Waals surface area contributed by atoms with Crippen LogP contribution in [0.2, 0.25) is 0 Å². The summed E-state index contributed by atoms with van der Waals surface area (Å²) in [5.74, 6) is -0.503. The van der Waals surface area contributed by atoms with Gasteiger partial charge in [0.1, 0.15) is 23.1 Å². The molecular formula is C30H32N6O4. The van der Waals surface area contributed by atoms with Crippen LogP contribution in [0.3, 0.4) is 0 Å². The number of imidazole rings is 1. The minimum absolute atomic E-state index is 0.0184. The molecule has 2 aromatic heterocycles. The van der Waals surface area contributed by atoms with Gasteiger partial charge >= 0.3 is 0 Å². The van der Waals surface area contributed by atoms with E-state index in [2.05, 4.69) is 17.2 Å². The summed E-state index contributed by atoms with van der Waals surface area (Å²) in [6, 6.07) is 19.4. The average molecular weight is 541 g/mol. The van der Waals surface area contributed by atoms with Crippen molar-refractivity contribution in [3.63, 3.8) is 0 Å². The number of ether oxygens (including phenoxy) is 1. The molecule has 0 aliphatic rings. The zero-order chi connectivity index (χ0) is 28.7. The van der Waals surface area contributed by atoms with Crippen LogP contribution in [-0.4, -0.2) is 49.5 Å². The van der Waals surface area contributed by atoms with Crippen molar-refractivity contribution in [1.29, 1.82) is 5.26 Å². The fraction of sp³-hybridized carbons (Fsp3) is 0.233. The highest BCUT2D eigenvalue weighted by molar-refractivity contribution is 6.02. The second kappa shape index (κ2) is 15.3. The van der Waals surface area contributed by atoms with Crippen LogP contribution in [0.5, 0.6) is 5.75 Å². The van der Waals surface area contributed by atoms with Crippen molar-refractivity contribution < 1.29 is 19.4 Å². The maximum atomic E-state index is 12.8. The van der Waals surface area contributed by atoms with E-state index in [0.29, 0.717) is 24.4 Å². The first-order valence-corrected chi connectivity index (χ1v) is 12.8. The zero-order valence-corrected chi connectivity index (χ0v) is 22.5. The highest BCUT2D eigenvalue weighted by Crippen LogP contribution is 2.28. The van der Waals surface area contributed by atoms with Gasteiger partial charge in [-0.25, -0.2) is 9.67 Å². The van der Waals surface area contributed by atoms with Crippen LogP contribution in [0.1, 0.15) is 32.3 Å². The number of aryl methyl sites for hydroxylation is 1. The van der Waals surface area contributed by atoms with Crippen molar-refractivity contribution in [3.05, 3.63) is 90.7 Å². The topological polar surface area (TPSA) is 135 Å². The molecule has 0 fully saturated rings. The Hall–Kier alpha value is -5.17. The average Bonchev–Trinajstić information content (AvgIpc) is 3.63. The van der Waals surface area contributed by atoms with E-state index in [1.165, 1.54) is 0 Å². The Morgan fingerprint density at radius 2 is 1.95 bits per heavy atom. The van der Waals surface area contributed by atoms with Crippen LogP contribution >= 0.6 is 0 Å². The minimum Gasteiger partial charge on any atom is -0.494 e. The maximum Gasteiger partial charge on any atom is 0.300 e. The number of nitrogens with one attached hydrogen (secondary N) is 1. The van der Waals surface area contributed by atoms with Gasteiger partial charge in [0.25, 0.3) is 11.9 Å². The number of rotatable bonds is 11. The summed E-state index contributed by atoms with van der Waals surface area (Å²) < 4.78 is 9.49. The van der Waals surface area contributed by atoms with Gasteiger partial charge in [-0.3, -0.25) is 9.59 Å². The molecule has 4 aromatic rings. The number of benzene rings is 2. The number of carbonyl (C=O) groups is 2. The monoisotopic (exact) mass is 540 g/mol. The van der Waals surface area contributed by atoms with Gasteiger partial charge < -0.3 is 19.7 Å². The third-order valence-corrected chi connectivity index (χ3v) is 5.45. The number of carboxylic acids is 1. The number of nitriles is 1. The summed E-state index contributed by atoms with van der Waals surface area (Å²) >= 11 is 0. The van der Waals surface area contributed by atoms with E-state index in [1.807, 2.05) is 77.6 Å². The molecule has 0 radical (unpaired) electrons. The summed E-state index contributed by atoms with van der Waals surface area (Å²) in [6.45, 7) is 4.94. The third kappa shape index (κ3) is 8.99. The summed E-state index contributed by atoms with van der Waals surface area (Å²) in [5, 5.41) is 24.8. The first kappa shape index (κ1) is 29.4. The van der Waals surface area contributed by atoms with E-state index >= 15 is 0 Å². The van der Waals surface area contributed by atoms with E-state index in [9.17, 15) is 10.1 Å². The second-order valence-electron chi connectivity index (χ2n) is 8.69. The summed E-state index contributed by atoms with van der Waals surface area (Å²) in [4.78, 5) is 25.8. The first-order valence-electron chi connectivity index (χ1n) is 12.8. The van der Waals surface area contributed by atoms with Crippen molar-refractivity contribution in [1.82, 2.24) is 24.6 Å². The molecule has 10 nitrogen and oxygen atoms in total. The standard InChI is InChI=1S/C28H28N6O2.C2H4O2/c1-2-16-36-26-11-6-8-22(18-26)27-24(20-34(32-27)25-9-4-3-5-10-25)17-23(19-29)28(35)31-12-7-14-33-15-13-30-21-33;1-2(3)4/h3-6,8-11,13,15,17-18,20-21H,2,7,12,14,16H2,1H3,(H,31,35);1H3,(H,3,4)/b23-17-;. The molecule has 0 aliphatic heterocycles. The van der Waals surface area contributed by atoms with E-state index in [0.717, 1.165) is 43.3 Å². The van der Waals surface area contributed by atoms with Gasteiger partial charge in [0.05, 0.1) is 18.6 Å². The zero-order valence-electron chi connectivity index (χ0n) is 22.5. The summed E-state index contributed by atoms with van der Waals surface area (Å²) in [7, 11) is 0. The highest BCUT2D eigenvalue weighted by Gasteiger charge is 2.15. The first-order chi connectivity index (χ1) is 19.4. The molecule has 2 aromatic carbocycles. The lowest BCUT2D eigenvalue weighted by Crippen LogP contribution is -2.26. The molecule has 0 aliphatic carbocycles. The van der Waals surface area contributed by atoms with Gasteiger partial charge in [0.2, 0.25) is 0 Å². The number of amides is 1. The molecule has 4 rings (SSSR count). The van der Waals surface area contributed by atoms with Gasteiger partial charge in [-0.15, -0.1) is 0 Å². The molecular weight excluding hydrogens is 508 g/mol. The molecule has 0 bridgehead atoms. The van der Waals surface area contributed by atoms with Crippen LogP contribution in [0, 0.1) is 11.3 Å². The van der Waals surface area contributed by atoms with E-state index in [1.54, 1.807) is 23.3 Å². The number of hydrogen-bond donors (Lipinski definition) is 2. The van der Waals surface area contributed by atoms with Crippen LogP contribution in [0.25, 0.3) is 23.0 Å². The summed E-state index contributed by atoms with van der Waals surface area (Å²) in [5.41, 5.74) is 3.05. The van der Waals surface area contributed by atoms with Crippen LogP contribution in [0.15, 0.2) is 85.1 Å². The van der Waals surface area contributed by atoms with E-state index in [4.69, 9.17) is 19.7 Å². The lowest BCUT2D eigenvalue weighted by Gasteiger charge is -2.07. The molecule has 2 N–H and O–H groups in total. The van der Waals surface area contributed by atoms with Crippen LogP contribution in [-0.2, 0) is 16.1 Å². The molecule has 0 saturated heterocycles. The van der Waals surface area contributed by atoms with Gasteiger partial charge in [-0.2, -0.15) is 10.4 Å². The molecule has 40 heavy (non-hydrogen) atoms. The fourth-order valence-corrected chi connectivity index (χ4v) is 3.67. The molecule has 0 atom stereocenters. The normalized spacial score (nSPS) is 10.7. The molecule has 206 valence electrons. The van der Waals surface area contributed by atoms with E-state index < -0.39 is 11.9 Å². The lowest BCUT2D eigenvalue weighted by molar-refractivity contribution is -0.134. The Morgan fingerprint density at radius 3 is 2.62 bits per heavy atom. The quantitative estimate of drug-likeness (QED) is 0.159. The summed E-state index contributed by atoms with van der Waals surface area (Å²) in [6.07, 6.45) is 10.4. The van der Waals surface area contributed by atoms with Gasteiger partial charge in [0, 0.05) is 49.7 Å². The SMILES string of the molecule is CC(=O)O.CCCOc1cccc(-c2nn(-c3ccccc3)cc2/C=C(/C#N)C(=O)NCCCn2ccnc2)c1. The Morgan fingerprint density at radius 1 is 1.18 bits per heavy atom. The highest BCUT2D eigenvalue weighted by atomic mass is 16.5. The van der Waals surface area contributed by atoms with Crippen molar-refractivity contribution in [3.8, 4) is 28.8 Å². The number of aliphatic carboxylic acids is 1. The Labute approximate surface area is 233 Å². The Bertz CT molecular complexity index is 1450. The second-order valence-corrected chi connectivity index (χ2v) is 8.69. The molecule has 0 saturated carbocycles. The lowest BCUT2D eigenvalue weighted by atomic mass is 10.1. The smallest absolute Gasteiger partial charge is 0.300 e. The number of carbonyl (C=O) groups excluding carboxylic acids is 1. The van der Waals surface area contributed by atoms with Gasteiger partial charge in [-0.05, 0) is 43.2 Å². The van der Waals surface area contributed by atoms with Gasteiger partial charge in [-0.1, -0.05) is 37.3 Å². The third-order valence-electron chi connectivity index (χ3n) is 5.45. The fourth-order valence-electron chi connectivity index (χ4n) is 3.67. The largest absolute Gasteiger partial charge is 0.494 e. The van der Waals surface area contributed by atoms with Crippen molar-refractivity contribution in [2.24, 2.45) is 0 Å². The van der Waals surface area contributed by atoms with Crippen molar-refractivity contribution in [2.45, 2.75) is 33.2 Å². The maximum absolute atomic E-state index is 12.8. The predicted octanol–water partition coefficient (Wildman–Crippen LogP) is 4.73. The number of carboxylic acid groups (broad SMARTS) is 1. The molecule has 0 spiro atoms. The molecule has 2 heterocycles. The van der Waals surface area contributed by atoms with E-state index in [-0.39, 0.29) is 5.57 Å². The molecule has 10 heteroatoms. The van der Waals surface area contributed by atoms with Crippen LogP contribution < -0.4 is 10.1 Å². The van der Waals surface area contributed by atoms with Crippen molar-refractivity contribution >= 4 is 18.0 Å². The Balaban J connectivity index is 0.00000103. The van der Waals surface area contributed by atoms with Crippen molar-refractivity contribution in [2.75, 3.05) is 13.2 Å². The number of aromatic nitrogens is 4. The number of hydrogen-bond acceptors (Lipinski definition) is 6. The molecule has 1 amide bonds. The predicted molar refractivity (Wildman–Crippen MR) is 152 cm³/mol. The minimum atomic E-state index is -0.833.